The van der Waals surface area contributed by atoms with Crippen LogP contribution in [0.5, 0.6) is 0 Å². The van der Waals surface area contributed by atoms with E-state index in [1.54, 1.807) is 27.8 Å². The van der Waals surface area contributed by atoms with E-state index in [0.717, 1.165) is 147 Å². The number of allylic oxidation sites excluding steroid dienone is 1. The van der Waals surface area contributed by atoms with E-state index in [0.29, 0.717) is 33.0 Å². The van der Waals surface area contributed by atoms with Gasteiger partial charge in [0, 0.05) is 96.7 Å². The predicted octanol–water partition coefficient (Wildman–Crippen LogP) is 11.6. The molecule has 3 fully saturated rings. The summed E-state index contributed by atoms with van der Waals surface area (Å²) in [4.78, 5) is 30.0. The molecule has 12 N–H and O–H groups in total. The predicted molar refractivity (Wildman–Crippen MR) is 349 cm³/mol. The van der Waals surface area contributed by atoms with Crippen LogP contribution in [0.25, 0.3) is 0 Å². The van der Waals surface area contributed by atoms with Crippen LogP contribution in [0.1, 0.15) is 77.0 Å². The van der Waals surface area contributed by atoms with Crippen LogP contribution < -0.4 is 65.4 Å². The van der Waals surface area contributed by atoms with E-state index in [2.05, 4.69) is 117 Å². The zero-order chi connectivity index (χ0) is 58.1. The summed E-state index contributed by atoms with van der Waals surface area (Å²) in [7, 11) is 0. The molecule has 3 saturated carbocycles. The summed E-state index contributed by atoms with van der Waals surface area (Å²) in [6.45, 7) is 5.61. The van der Waals surface area contributed by atoms with Gasteiger partial charge in [-0.1, -0.05) is 0 Å². The fourth-order valence-corrected chi connectivity index (χ4v) is 16.3. The Morgan fingerprint density at radius 2 is 0.725 bits per heavy atom. The summed E-state index contributed by atoms with van der Waals surface area (Å²) in [6.07, 6.45) is 15.0. The maximum atomic E-state index is 12.1. The van der Waals surface area contributed by atoms with Gasteiger partial charge in [0.15, 0.2) is 0 Å². The van der Waals surface area contributed by atoms with Crippen molar-refractivity contribution in [3.8, 4) is 0 Å². The molecule has 17 nitrogen and oxygen atoms in total. The topological polar surface area (TPSA) is 282 Å². The largest absolute Gasteiger partial charge is 0.399 e. The van der Waals surface area contributed by atoms with Gasteiger partial charge in [-0.2, -0.15) is 0 Å². The summed E-state index contributed by atoms with van der Waals surface area (Å²) >= 11 is 7.60. The second-order valence-corrected chi connectivity index (χ2v) is 28.1. The normalized spacial score (nSPS) is 19.5. The Morgan fingerprint density at radius 1 is 0.475 bits per heavy atom. The van der Waals surface area contributed by atoms with E-state index in [1.165, 1.54) is 82.5 Å². The number of hydrogen-bond acceptors (Lipinski definition) is 14. The van der Waals surface area contributed by atoms with Gasteiger partial charge in [0.1, 0.15) is 5.82 Å². The Bertz CT molecular complexity index is 2410. The van der Waals surface area contributed by atoms with Crippen molar-refractivity contribution in [2.75, 3.05) is 78.9 Å². The number of alkyl halides is 3. The minimum absolute atomic E-state index is 0.0959. The number of nitrogens with one attached hydrogen (secondary N) is 4. The number of nitrogens with zero attached hydrogens (tertiary/aromatic N) is 3. The standard InChI is InChI=1S/C20H24N4O4.C20H28N4.C8H18N2.C6H4FNO2.C4H5I4/c25-23(26)19-9-5-17(6-10-19)21-13-15-1-2-16(4-3-15)14-22-18-7-11-20(12-8-18)24(27)28;21-17-5-9-19(10-6-17)23-13-15-1-2-16(4-3-15)14-24-20-11-7-18(22)8-12-20;9-5-7-1-2-8(6-10)4-3-7;7-5-1-3-6(4-2-5)8(9)10;5-1-4(2-6)8-3-7/h5-12,15-16,21-22H,1-4,13-14H2;5-12,15-16,23-24H,1-4,13-14,21-22H2;7-8H,1-6,9-10H2;1-4H;1H,2-3H2/q;;;;-1/b;;;;4-1-. The van der Waals surface area contributed by atoms with Crippen molar-refractivity contribution in [3.63, 3.8) is 0 Å². The fraction of sp³-hybridized carbons (Fsp3) is 0.448. The van der Waals surface area contributed by atoms with E-state index >= 15 is 0 Å². The van der Waals surface area contributed by atoms with Gasteiger partial charge in [-0.3, -0.25) is 30.3 Å². The van der Waals surface area contributed by atoms with Crippen molar-refractivity contribution < 1.29 is 40.4 Å². The molecule has 3 aliphatic rings. The number of benzene rings is 5. The average molecular weight is 1550 g/mol. The molecule has 438 valence electrons. The summed E-state index contributed by atoms with van der Waals surface area (Å²) in [5.41, 5.74) is 28.4. The van der Waals surface area contributed by atoms with Gasteiger partial charge >= 0.3 is 104 Å². The molecule has 0 radical (unpaired) electrons. The number of non-ortho nitro benzene ring substituents is 3. The molecule has 0 aliphatic heterocycles. The van der Waals surface area contributed by atoms with Crippen LogP contribution in [0, 0.1) is 71.7 Å². The van der Waals surface area contributed by atoms with Crippen LogP contribution in [-0.2, 0) is 0 Å². The first kappa shape index (κ1) is 68.1. The van der Waals surface area contributed by atoms with Gasteiger partial charge in [-0.25, -0.2) is 4.39 Å². The Hall–Kier alpha value is -4.39. The molecule has 0 aromatic heterocycles. The zero-order valence-electron chi connectivity index (χ0n) is 45.2. The van der Waals surface area contributed by atoms with Crippen LogP contribution in [0.2, 0.25) is 0 Å². The number of nitro groups is 3. The first-order chi connectivity index (χ1) is 38.6. The molecule has 0 spiro atoms. The van der Waals surface area contributed by atoms with Crippen LogP contribution in [-0.4, -0.2) is 60.9 Å². The zero-order valence-corrected chi connectivity index (χ0v) is 53.9. The van der Waals surface area contributed by atoms with Crippen LogP contribution in [0.3, 0.4) is 0 Å². The van der Waals surface area contributed by atoms with Gasteiger partial charge in [0.05, 0.1) is 14.8 Å². The van der Waals surface area contributed by atoms with Gasteiger partial charge in [-0.05, 0) is 211 Å². The second-order valence-electron chi connectivity index (χ2n) is 20.2. The maximum absolute atomic E-state index is 12.1. The van der Waals surface area contributed by atoms with Crippen molar-refractivity contribution in [2.24, 2.45) is 47.0 Å². The Balaban J connectivity index is 0.000000236. The molecule has 0 bridgehead atoms. The summed E-state index contributed by atoms with van der Waals surface area (Å²) in [6, 6.07) is 33.4. The molecule has 80 heavy (non-hydrogen) atoms. The fourth-order valence-electron chi connectivity index (χ4n) is 9.36. The number of halogens is 5. The van der Waals surface area contributed by atoms with Crippen LogP contribution in [0.15, 0.2) is 129 Å². The summed E-state index contributed by atoms with van der Waals surface area (Å²) in [5.74, 6) is 3.87. The quantitative estimate of drug-likeness (QED) is 0.0118. The minimum atomic E-state index is -0.570. The second kappa shape index (κ2) is 39.2. The molecule has 8 rings (SSSR count). The molecule has 5 aromatic rings. The third-order valence-corrected chi connectivity index (χ3v) is 22.5. The molecule has 5 aromatic carbocycles. The first-order valence-corrected chi connectivity index (χ1v) is 34.0. The molecular formula is C58H79FI4N11O6-. The van der Waals surface area contributed by atoms with Crippen molar-refractivity contribution in [1.82, 2.24) is 0 Å². The smallest absolute Gasteiger partial charge is 0.269 e. The van der Waals surface area contributed by atoms with E-state index in [-0.39, 0.29) is 17.1 Å². The van der Waals surface area contributed by atoms with Gasteiger partial charge in [-0.15, -0.1) is 0 Å². The monoisotopic (exact) mass is 1550 g/mol. The third-order valence-electron chi connectivity index (χ3n) is 14.4. The molecule has 0 atom stereocenters. The number of nitrogens with two attached hydrogens (primary N) is 4. The van der Waals surface area contributed by atoms with E-state index < -0.39 is 20.6 Å². The van der Waals surface area contributed by atoms with Crippen molar-refractivity contribution >= 4 is 119 Å². The minimum Gasteiger partial charge on any atom is -0.399 e. The molecule has 0 heterocycles. The number of hydrogen-bond donors (Lipinski definition) is 8. The van der Waals surface area contributed by atoms with E-state index in [9.17, 15) is 34.7 Å². The van der Waals surface area contributed by atoms with Gasteiger partial charge in [0.2, 0.25) is 0 Å². The maximum Gasteiger partial charge on any atom is 0.269 e. The number of nitro benzene ring substituents is 3. The van der Waals surface area contributed by atoms with Crippen molar-refractivity contribution in [1.29, 1.82) is 0 Å². The van der Waals surface area contributed by atoms with E-state index in [4.69, 9.17) is 22.9 Å². The number of nitrogen functional groups attached to an aromatic ring is 2. The molecule has 0 unspecified atom stereocenters. The Labute approximate surface area is 522 Å². The van der Waals surface area contributed by atoms with Gasteiger partial charge in [0.25, 0.3) is 17.1 Å². The van der Waals surface area contributed by atoms with E-state index in [1.807, 2.05) is 24.3 Å². The van der Waals surface area contributed by atoms with Crippen molar-refractivity contribution in [2.45, 2.75) is 77.0 Å². The summed E-state index contributed by atoms with van der Waals surface area (Å²) in [5, 5.41) is 45.2. The molecule has 22 heteroatoms. The third kappa shape index (κ3) is 27.6. The van der Waals surface area contributed by atoms with Crippen molar-refractivity contribution in [3.05, 3.63) is 165 Å². The van der Waals surface area contributed by atoms with Crippen LogP contribution in [0.4, 0.5) is 55.6 Å². The molecule has 0 saturated heterocycles. The molecule has 0 amide bonds. The van der Waals surface area contributed by atoms with Crippen LogP contribution >= 0.6 is 67.8 Å². The average Bonchev–Trinajstić information content (AvgIpc) is 3.49. The number of anilines is 6. The van der Waals surface area contributed by atoms with Gasteiger partial charge < -0.3 is 44.2 Å². The molecular weight excluding hydrogens is 1470 g/mol. The summed E-state index contributed by atoms with van der Waals surface area (Å²) < 4.78 is 18.6. The Morgan fingerprint density at radius 3 is 0.938 bits per heavy atom. The SMILES string of the molecule is I/C=C(/CI)[I-]CI.NCC1CCC(CN)CC1.Nc1ccc(NCC2CCC(CNc3ccc(N)cc3)CC2)cc1.O=[N+]([O-])c1ccc(F)cc1.O=[N+]([O-])c1ccc(NCC2CCC(CNc3ccc([N+](=O)[O-])cc3)CC2)cc1. The first-order valence-electron chi connectivity index (χ1n) is 27.1. The number of rotatable bonds is 20. The Kier molecular flexibility index (Phi) is 33.3. The molecule has 3 aliphatic carbocycles.